The van der Waals surface area contributed by atoms with Crippen molar-refractivity contribution >= 4 is 5.91 Å². The van der Waals surface area contributed by atoms with E-state index in [1.807, 2.05) is 11.8 Å². The lowest BCUT2D eigenvalue weighted by atomic mass is 9.96. The first-order chi connectivity index (χ1) is 7.58. The molecule has 5 nitrogen and oxygen atoms in total. The molecule has 2 heterocycles. The lowest BCUT2D eigenvalue weighted by Crippen LogP contribution is -2.48. The summed E-state index contributed by atoms with van der Waals surface area (Å²) in [5.41, 5.74) is 7.40. The first-order valence-electron chi connectivity index (χ1n) is 5.62. The van der Waals surface area contributed by atoms with Gasteiger partial charge in [0.25, 0.3) is 5.91 Å². The van der Waals surface area contributed by atoms with Crippen molar-refractivity contribution < 1.29 is 4.79 Å². The van der Waals surface area contributed by atoms with Crippen molar-refractivity contribution in [3.05, 3.63) is 17.5 Å². The van der Waals surface area contributed by atoms with Gasteiger partial charge < -0.3 is 10.6 Å². The predicted molar refractivity (Wildman–Crippen MR) is 61.0 cm³/mol. The van der Waals surface area contributed by atoms with Crippen molar-refractivity contribution in [1.29, 1.82) is 0 Å². The van der Waals surface area contributed by atoms with Gasteiger partial charge >= 0.3 is 0 Å². The molecular weight excluding hydrogens is 204 g/mol. The van der Waals surface area contributed by atoms with Gasteiger partial charge in [-0.3, -0.25) is 9.89 Å². The maximum atomic E-state index is 12.2. The zero-order valence-corrected chi connectivity index (χ0v) is 9.73. The van der Waals surface area contributed by atoms with Gasteiger partial charge in [0, 0.05) is 24.8 Å². The summed E-state index contributed by atoms with van der Waals surface area (Å²) < 4.78 is 0. The molecule has 1 saturated heterocycles. The molecule has 0 aromatic carbocycles. The number of aryl methyl sites for hydroxylation is 1. The lowest BCUT2D eigenvalue weighted by Gasteiger charge is -2.34. The maximum absolute atomic E-state index is 12.2. The summed E-state index contributed by atoms with van der Waals surface area (Å²) in [7, 11) is 0. The van der Waals surface area contributed by atoms with E-state index in [0.717, 1.165) is 18.7 Å². The molecule has 2 rings (SSSR count). The molecule has 5 heteroatoms. The summed E-state index contributed by atoms with van der Waals surface area (Å²) in [6, 6.07) is 0.0971. The van der Waals surface area contributed by atoms with Gasteiger partial charge in [-0.05, 0) is 19.3 Å². The van der Waals surface area contributed by atoms with Gasteiger partial charge in [0.1, 0.15) is 0 Å². The first kappa shape index (κ1) is 11.1. The number of nitrogens with zero attached hydrogens (tertiary/aromatic N) is 2. The second-order valence-electron chi connectivity index (χ2n) is 4.72. The summed E-state index contributed by atoms with van der Waals surface area (Å²) in [4.78, 5) is 14.0. The number of likely N-dealkylation sites (tertiary alicyclic amines) is 1. The largest absolute Gasteiger partial charge is 0.337 e. The molecule has 88 valence electrons. The number of piperidine rings is 1. The van der Waals surface area contributed by atoms with Crippen LogP contribution in [0.4, 0.5) is 0 Å². The SMILES string of the molecule is Cc1[nH]ncc1C(=O)N1CC(C)CC(N)C1. The summed E-state index contributed by atoms with van der Waals surface area (Å²) in [5, 5.41) is 6.65. The van der Waals surface area contributed by atoms with Crippen LogP contribution in [0.15, 0.2) is 6.20 Å². The van der Waals surface area contributed by atoms with Crippen LogP contribution in [0.3, 0.4) is 0 Å². The molecule has 2 unspecified atom stereocenters. The minimum atomic E-state index is 0.0354. The Kier molecular flexibility index (Phi) is 2.96. The van der Waals surface area contributed by atoms with Crippen molar-refractivity contribution in [3.63, 3.8) is 0 Å². The van der Waals surface area contributed by atoms with Crippen LogP contribution in [-0.2, 0) is 0 Å². The number of aromatic amines is 1. The number of rotatable bonds is 1. The Morgan fingerprint density at radius 1 is 1.62 bits per heavy atom. The van der Waals surface area contributed by atoms with E-state index in [9.17, 15) is 4.79 Å². The average molecular weight is 222 g/mol. The van der Waals surface area contributed by atoms with Crippen molar-refractivity contribution in [2.45, 2.75) is 26.3 Å². The Labute approximate surface area is 95.0 Å². The Morgan fingerprint density at radius 2 is 2.38 bits per heavy atom. The predicted octanol–water partition coefficient (Wildman–Crippen LogP) is 0.527. The second-order valence-corrected chi connectivity index (χ2v) is 4.72. The highest BCUT2D eigenvalue weighted by molar-refractivity contribution is 5.95. The Balaban J connectivity index is 2.13. The van der Waals surface area contributed by atoms with E-state index in [-0.39, 0.29) is 11.9 Å². The molecule has 1 aromatic rings. The summed E-state index contributed by atoms with van der Waals surface area (Å²) in [6.07, 6.45) is 2.58. The van der Waals surface area contributed by atoms with E-state index in [4.69, 9.17) is 5.73 Å². The summed E-state index contributed by atoms with van der Waals surface area (Å²) in [5.74, 6) is 0.508. The third kappa shape index (κ3) is 2.09. The van der Waals surface area contributed by atoms with Crippen LogP contribution >= 0.6 is 0 Å². The number of amides is 1. The molecule has 3 N–H and O–H groups in total. The van der Waals surface area contributed by atoms with E-state index in [2.05, 4.69) is 17.1 Å². The first-order valence-corrected chi connectivity index (χ1v) is 5.62. The molecule has 1 aromatic heterocycles. The monoisotopic (exact) mass is 222 g/mol. The molecule has 1 amide bonds. The molecule has 0 bridgehead atoms. The highest BCUT2D eigenvalue weighted by Crippen LogP contribution is 2.18. The number of hydrogen-bond acceptors (Lipinski definition) is 3. The van der Waals surface area contributed by atoms with Crippen LogP contribution in [0.5, 0.6) is 0 Å². The van der Waals surface area contributed by atoms with Crippen LogP contribution in [0.1, 0.15) is 29.4 Å². The van der Waals surface area contributed by atoms with Gasteiger partial charge in [-0.1, -0.05) is 6.92 Å². The molecule has 0 spiro atoms. The van der Waals surface area contributed by atoms with Crippen LogP contribution in [0, 0.1) is 12.8 Å². The normalized spacial score (nSPS) is 25.8. The molecule has 2 atom stereocenters. The molecule has 1 aliphatic rings. The molecule has 1 aliphatic heterocycles. The van der Waals surface area contributed by atoms with Crippen molar-refractivity contribution in [1.82, 2.24) is 15.1 Å². The smallest absolute Gasteiger partial charge is 0.257 e. The van der Waals surface area contributed by atoms with Crippen molar-refractivity contribution in [2.24, 2.45) is 11.7 Å². The van der Waals surface area contributed by atoms with Crippen molar-refractivity contribution in [2.75, 3.05) is 13.1 Å². The van der Waals surface area contributed by atoms with Gasteiger partial charge in [0.15, 0.2) is 0 Å². The molecule has 0 radical (unpaired) electrons. The van der Waals surface area contributed by atoms with E-state index in [1.54, 1.807) is 6.20 Å². The van der Waals surface area contributed by atoms with Gasteiger partial charge in [0.2, 0.25) is 0 Å². The molecule has 0 aliphatic carbocycles. The number of carbonyl (C=O) groups is 1. The van der Waals surface area contributed by atoms with E-state index in [1.165, 1.54) is 0 Å². The Morgan fingerprint density at radius 3 is 2.94 bits per heavy atom. The third-order valence-electron chi connectivity index (χ3n) is 3.04. The number of hydrogen-bond donors (Lipinski definition) is 2. The number of nitrogens with one attached hydrogen (secondary N) is 1. The topological polar surface area (TPSA) is 75.0 Å². The number of nitrogens with two attached hydrogens (primary N) is 1. The van der Waals surface area contributed by atoms with E-state index in [0.29, 0.717) is 18.0 Å². The van der Waals surface area contributed by atoms with Gasteiger partial charge in [0.05, 0.1) is 11.8 Å². The fourth-order valence-corrected chi connectivity index (χ4v) is 2.30. The van der Waals surface area contributed by atoms with Gasteiger partial charge in [-0.2, -0.15) is 5.10 Å². The fourth-order valence-electron chi connectivity index (χ4n) is 2.30. The summed E-state index contributed by atoms with van der Waals surface area (Å²) in [6.45, 7) is 5.42. The lowest BCUT2D eigenvalue weighted by molar-refractivity contribution is 0.0660. The summed E-state index contributed by atoms with van der Waals surface area (Å²) >= 11 is 0. The Bertz CT molecular complexity index is 377. The van der Waals surface area contributed by atoms with E-state index < -0.39 is 0 Å². The molecule has 16 heavy (non-hydrogen) atoms. The molecule has 0 saturated carbocycles. The Hall–Kier alpha value is -1.36. The van der Waals surface area contributed by atoms with Crippen LogP contribution in [-0.4, -0.2) is 40.1 Å². The fraction of sp³-hybridized carbons (Fsp3) is 0.636. The number of H-pyrrole nitrogens is 1. The maximum Gasteiger partial charge on any atom is 0.257 e. The van der Waals surface area contributed by atoms with E-state index >= 15 is 0 Å². The standard InChI is InChI=1S/C11H18N4O/c1-7-3-9(12)6-15(5-7)11(16)10-4-13-14-8(10)2/h4,7,9H,3,5-6,12H2,1-2H3,(H,13,14). The highest BCUT2D eigenvalue weighted by atomic mass is 16.2. The quantitative estimate of drug-likeness (QED) is 0.727. The highest BCUT2D eigenvalue weighted by Gasteiger charge is 2.27. The second kappa shape index (κ2) is 4.25. The zero-order chi connectivity index (χ0) is 11.7. The molecular formula is C11H18N4O. The zero-order valence-electron chi connectivity index (χ0n) is 9.73. The average Bonchev–Trinajstić information content (AvgIpc) is 2.62. The molecule has 1 fully saturated rings. The van der Waals surface area contributed by atoms with Gasteiger partial charge in [-0.15, -0.1) is 0 Å². The van der Waals surface area contributed by atoms with Gasteiger partial charge in [-0.25, -0.2) is 0 Å². The minimum Gasteiger partial charge on any atom is -0.337 e. The van der Waals surface area contributed by atoms with Crippen LogP contribution in [0.25, 0.3) is 0 Å². The van der Waals surface area contributed by atoms with Crippen LogP contribution < -0.4 is 5.73 Å². The number of aromatic nitrogens is 2. The van der Waals surface area contributed by atoms with Crippen LogP contribution in [0.2, 0.25) is 0 Å². The third-order valence-corrected chi connectivity index (χ3v) is 3.04. The van der Waals surface area contributed by atoms with Crippen molar-refractivity contribution in [3.8, 4) is 0 Å². The minimum absolute atomic E-state index is 0.0354. The number of carbonyl (C=O) groups excluding carboxylic acids is 1.